The van der Waals surface area contributed by atoms with E-state index in [1.807, 2.05) is 60.9 Å². The Hall–Kier alpha value is -4.81. The van der Waals surface area contributed by atoms with Crippen LogP contribution in [0.4, 0.5) is 0 Å². The van der Waals surface area contributed by atoms with Gasteiger partial charge in [-0.2, -0.15) is 0 Å². The van der Waals surface area contributed by atoms with Gasteiger partial charge in [-0.15, -0.1) is 0 Å². The van der Waals surface area contributed by atoms with Gasteiger partial charge in [0.25, 0.3) is 0 Å². The molecule has 0 atom stereocenters. The normalized spacial score (nSPS) is 11.4. The smallest absolute Gasteiger partial charge is 0.324 e. The summed E-state index contributed by atoms with van der Waals surface area (Å²) < 4.78 is 15.1. The molecule has 0 saturated carbocycles. The quantitative estimate of drug-likeness (QED) is 0.144. The van der Waals surface area contributed by atoms with E-state index in [1.54, 1.807) is 4.57 Å². The minimum Gasteiger partial charge on any atom is -0.324 e. The summed E-state index contributed by atoms with van der Waals surface area (Å²) in [5.41, 5.74) is 9.00. The lowest BCUT2D eigenvalue weighted by atomic mass is 10.0. The number of hydrogen-bond acceptors (Lipinski definition) is 3. The van der Waals surface area contributed by atoms with Gasteiger partial charge in [0.2, 0.25) is 0 Å². The predicted octanol–water partition coefficient (Wildman–Crippen LogP) is 6.58. The van der Waals surface area contributed by atoms with Crippen LogP contribution in [0.5, 0.6) is 0 Å². The largest absolute Gasteiger partial charge is 0.331 e. The molecule has 6 aromatic rings. The lowest BCUT2D eigenvalue weighted by molar-refractivity contribution is -0.693. The molecule has 44 heavy (non-hydrogen) atoms. The third-order valence-corrected chi connectivity index (χ3v) is 8.37. The van der Waals surface area contributed by atoms with Crippen molar-refractivity contribution in [3.05, 3.63) is 134 Å². The highest BCUT2D eigenvalue weighted by Crippen LogP contribution is 2.33. The highest BCUT2D eigenvalue weighted by molar-refractivity contribution is 7.51. The molecule has 8 heteroatoms. The average Bonchev–Trinajstić information content (AvgIpc) is 3.08. The van der Waals surface area contributed by atoms with Crippen molar-refractivity contribution in [1.29, 1.82) is 0 Å². The molecule has 0 spiro atoms. The lowest BCUT2D eigenvalue weighted by Crippen LogP contribution is -2.34. The summed E-state index contributed by atoms with van der Waals surface area (Å²) in [5, 5.41) is 0. The first-order valence-corrected chi connectivity index (χ1v) is 16.3. The fourth-order valence-corrected chi connectivity index (χ4v) is 5.52. The third kappa shape index (κ3) is 7.04. The van der Waals surface area contributed by atoms with E-state index in [-0.39, 0.29) is 12.7 Å². The van der Waals surface area contributed by atoms with E-state index in [9.17, 15) is 4.57 Å². The van der Waals surface area contributed by atoms with Gasteiger partial charge in [0.05, 0.1) is 11.4 Å². The molecule has 0 radical (unpaired) electrons. The highest BCUT2D eigenvalue weighted by atomic mass is 31.2. The summed E-state index contributed by atoms with van der Waals surface area (Å²) in [6, 6.07) is 37.0. The standard InChI is InChI=1S/C36H31N4O3P/c1-2-39-20-16-29(17-21-39)27-8-12-31(13-9-27)34-26-35(38-36(37-34)33-6-4-3-5-7-33)32-14-10-28(11-15-32)30-18-22-40(23-19-30)24-25-44(41,42)43/h3-23,26H,2,24-25H2,1H3/p+2. The summed E-state index contributed by atoms with van der Waals surface area (Å²) in [7, 11) is -4.03. The van der Waals surface area contributed by atoms with Crippen LogP contribution in [0.1, 0.15) is 6.92 Å². The number of aromatic nitrogens is 4. The molecule has 0 saturated heterocycles. The van der Waals surface area contributed by atoms with E-state index in [4.69, 9.17) is 19.8 Å². The van der Waals surface area contributed by atoms with E-state index in [1.165, 1.54) is 5.56 Å². The number of benzene rings is 3. The minimum atomic E-state index is -4.03. The van der Waals surface area contributed by atoms with E-state index < -0.39 is 7.60 Å². The SMILES string of the molecule is CC[n+]1ccc(-c2ccc(-c3cc(-c4ccc(-c5cc[n+](CCP(=O)(O)O)cc5)cc4)nc(-c4ccccc4)n3)cc2)cc1. The summed E-state index contributed by atoms with van der Waals surface area (Å²) in [6.45, 7) is 3.33. The second kappa shape index (κ2) is 12.8. The first-order chi connectivity index (χ1) is 21.3. The Bertz CT molecular complexity index is 1910. The summed E-state index contributed by atoms with van der Waals surface area (Å²) in [5.74, 6) is 0.668. The van der Waals surface area contributed by atoms with Crippen LogP contribution >= 0.6 is 7.60 Å². The maximum atomic E-state index is 11.2. The first-order valence-electron chi connectivity index (χ1n) is 14.5. The molecular weight excluding hydrogens is 567 g/mol. The molecule has 2 N–H and O–H groups in total. The van der Waals surface area contributed by atoms with Crippen molar-refractivity contribution in [3.8, 4) is 56.2 Å². The Kier molecular flexibility index (Phi) is 8.53. The van der Waals surface area contributed by atoms with Crippen molar-refractivity contribution < 1.29 is 23.5 Å². The van der Waals surface area contributed by atoms with Crippen molar-refractivity contribution in [2.45, 2.75) is 20.0 Å². The monoisotopic (exact) mass is 600 g/mol. The van der Waals surface area contributed by atoms with Crippen molar-refractivity contribution in [2.24, 2.45) is 0 Å². The van der Waals surface area contributed by atoms with Gasteiger partial charge in [0.15, 0.2) is 37.2 Å². The van der Waals surface area contributed by atoms with Crippen LogP contribution in [0, 0.1) is 0 Å². The van der Waals surface area contributed by atoms with Gasteiger partial charge in [0.1, 0.15) is 12.7 Å². The van der Waals surface area contributed by atoms with Gasteiger partial charge < -0.3 is 9.79 Å². The molecule has 0 aliphatic rings. The lowest BCUT2D eigenvalue weighted by Gasteiger charge is -2.11. The Morgan fingerprint density at radius 2 is 1.00 bits per heavy atom. The molecule has 0 fully saturated rings. The average molecular weight is 601 g/mol. The highest BCUT2D eigenvalue weighted by Gasteiger charge is 2.16. The fraction of sp³-hybridized carbons (Fsp3) is 0.111. The van der Waals surface area contributed by atoms with Crippen LogP contribution in [0.3, 0.4) is 0 Å². The Balaban J connectivity index is 1.30. The first kappa shape index (κ1) is 29.3. The number of aryl methyl sites for hydroxylation is 2. The van der Waals surface area contributed by atoms with Crippen molar-refractivity contribution in [3.63, 3.8) is 0 Å². The molecule has 0 bridgehead atoms. The Morgan fingerprint density at radius 3 is 1.45 bits per heavy atom. The second-order valence-electron chi connectivity index (χ2n) is 10.6. The van der Waals surface area contributed by atoms with Crippen molar-refractivity contribution >= 4 is 7.60 Å². The maximum Gasteiger partial charge on any atom is 0.331 e. The molecule has 3 heterocycles. The van der Waals surface area contributed by atoms with Crippen LogP contribution in [-0.4, -0.2) is 25.9 Å². The predicted molar refractivity (Wildman–Crippen MR) is 172 cm³/mol. The van der Waals surface area contributed by atoms with Crippen LogP contribution in [-0.2, 0) is 17.7 Å². The molecule has 3 aromatic heterocycles. The topological polar surface area (TPSA) is 91.1 Å². The molecule has 3 aromatic carbocycles. The number of pyridine rings is 2. The van der Waals surface area contributed by atoms with Crippen molar-refractivity contribution in [2.75, 3.05) is 6.16 Å². The van der Waals surface area contributed by atoms with Gasteiger partial charge in [-0.25, -0.2) is 19.1 Å². The van der Waals surface area contributed by atoms with Gasteiger partial charge in [-0.1, -0.05) is 78.9 Å². The molecular formula is C36H33N4O3P+2. The molecule has 0 aliphatic carbocycles. The summed E-state index contributed by atoms with van der Waals surface area (Å²) in [4.78, 5) is 28.2. The minimum absolute atomic E-state index is 0.187. The van der Waals surface area contributed by atoms with E-state index in [0.29, 0.717) is 5.82 Å². The molecule has 218 valence electrons. The molecule has 0 aliphatic heterocycles. The van der Waals surface area contributed by atoms with Crippen molar-refractivity contribution in [1.82, 2.24) is 9.97 Å². The fourth-order valence-electron chi connectivity index (χ4n) is 5.03. The maximum absolute atomic E-state index is 11.2. The summed E-state index contributed by atoms with van der Waals surface area (Å²) >= 11 is 0. The van der Waals surface area contributed by atoms with Crippen LogP contribution in [0.25, 0.3) is 56.2 Å². The van der Waals surface area contributed by atoms with E-state index >= 15 is 0 Å². The molecule has 6 rings (SSSR count). The second-order valence-corrected chi connectivity index (χ2v) is 12.4. The molecule has 0 amide bonds. The van der Waals surface area contributed by atoms with Crippen LogP contribution < -0.4 is 9.13 Å². The van der Waals surface area contributed by atoms with Crippen LogP contribution in [0.2, 0.25) is 0 Å². The van der Waals surface area contributed by atoms with Gasteiger partial charge >= 0.3 is 7.60 Å². The molecule has 7 nitrogen and oxygen atoms in total. The van der Waals surface area contributed by atoms with Gasteiger partial charge in [-0.3, -0.25) is 4.57 Å². The Labute approximate surface area is 257 Å². The zero-order chi connectivity index (χ0) is 30.5. The molecule has 0 unspecified atom stereocenters. The van der Waals surface area contributed by atoms with E-state index in [2.05, 4.69) is 84.5 Å². The number of rotatable bonds is 9. The van der Waals surface area contributed by atoms with Gasteiger partial charge in [0, 0.05) is 41.0 Å². The van der Waals surface area contributed by atoms with E-state index in [0.717, 1.165) is 51.3 Å². The zero-order valence-electron chi connectivity index (χ0n) is 24.4. The van der Waals surface area contributed by atoms with Crippen LogP contribution in [0.15, 0.2) is 134 Å². The van der Waals surface area contributed by atoms with Gasteiger partial charge in [-0.05, 0) is 35.2 Å². The zero-order valence-corrected chi connectivity index (χ0v) is 25.3. The third-order valence-electron chi connectivity index (χ3n) is 7.58. The Morgan fingerprint density at radius 1 is 0.568 bits per heavy atom. The number of hydrogen-bond donors (Lipinski definition) is 2. The number of nitrogens with zero attached hydrogens (tertiary/aromatic N) is 4. The summed E-state index contributed by atoms with van der Waals surface area (Å²) in [6.07, 6.45) is 7.69.